The Hall–Kier alpha value is -3.18. The van der Waals surface area contributed by atoms with Crippen molar-refractivity contribution in [2.75, 3.05) is 55.1 Å². The summed E-state index contributed by atoms with van der Waals surface area (Å²) in [4.78, 5) is 27.5. The summed E-state index contributed by atoms with van der Waals surface area (Å²) in [7, 11) is -3.03. The summed E-state index contributed by atoms with van der Waals surface area (Å²) >= 11 is 0. The molecule has 36 heavy (non-hydrogen) atoms. The second-order valence-electron chi connectivity index (χ2n) is 9.51. The van der Waals surface area contributed by atoms with E-state index in [9.17, 15) is 13.2 Å². The van der Waals surface area contributed by atoms with Crippen LogP contribution in [0.25, 0.3) is 11.0 Å². The van der Waals surface area contributed by atoms with Gasteiger partial charge in [-0.25, -0.2) is 18.4 Å². The number of carbonyl (C=O) groups excluding carboxylic acids is 1. The summed E-state index contributed by atoms with van der Waals surface area (Å²) in [6, 6.07) is 8.29. The molecule has 2 aliphatic rings. The number of morpholine rings is 1. The minimum absolute atomic E-state index is 0.0337. The van der Waals surface area contributed by atoms with Crippen LogP contribution >= 0.6 is 0 Å². The molecule has 3 heterocycles. The van der Waals surface area contributed by atoms with Crippen LogP contribution in [0.3, 0.4) is 0 Å². The zero-order valence-corrected chi connectivity index (χ0v) is 21.2. The first-order valence-electron chi connectivity index (χ1n) is 12.4. The monoisotopic (exact) mass is 512 g/mol. The van der Waals surface area contributed by atoms with Crippen molar-refractivity contribution in [3.63, 3.8) is 0 Å². The lowest BCUT2D eigenvalue weighted by Gasteiger charge is -2.28. The number of benzene rings is 1. The topological polar surface area (TPSA) is 129 Å². The fourth-order valence-electron chi connectivity index (χ4n) is 4.96. The molecule has 2 aromatic heterocycles. The minimum Gasteiger partial charge on any atom is -0.378 e. The highest BCUT2D eigenvalue weighted by Gasteiger charge is 2.29. The van der Waals surface area contributed by atoms with E-state index in [0.717, 1.165) is 67.1 Å². The van der Waals surface area contributed by atoms with E-state index in [1.165, 1.54) is 11.9 Å². The van der Waals surface area contributed by atoms with Gasteiger partial charge in [0.2, 0.25) is 5.91 Å². The fraction of sp³-hybridized carbons (Fsp3) is 0.480. The molecule has 1 atom stereocenters. The number of nitrogens with one attached hydrogen (secondary N) is 3. The number of amides is 1. The Kier molecular flexibility index (Phi) is 7.10. The highest BCUT2D eigenvalue weighted by Crippen LogP contribution is 2.35. The van der Waals surface area contributed by atoms with Crippen LogP contribution in [0.4, 0.5) is 17.2 Å². The number of carbonyl (C=O) groups is 1. The number of ether oxygens (including phenoxy) is 1. The second-order valence-corrected chi connectivity index (χ2v) is 11.8. The number of hydrogen-bond acceptors (Lipinski definition) is 8. The standard InChI is InChI=1S/C25H32N6O4S/c1-36(33,34)14-2-9-26-25(32)17-3-8-21-20(15-17)22-23(27-16-28-24(22)30-21)29-18-4-6-19(7-5-18)31-10-12-35-13-11-31/h4-7,16-17H,2-3,8-15H2,1H3,(H,26,32)(H2,27,28,29,30). The number of hydrogen-bond donors (Lipinski definition) is 3. The summed E-state index contributed by atoms with van der Waals surface area (Å²) in [5.41, 5.74) is 5.02. The van der Waals surface area contributed by atoms with Gasteiger partial charge in [-0.15, -0.1) is 0 Å². The third-order valence-corrected chi connectivity index (χ3v) is 7.87. The molecular formula is C25H32N6O4S. The fourth-order valence-corrected chi connectivity index (χ4v) is 5.63. The van der Waals surface area contributed by atoms with E-state index in [4.69, 9.17) is 4.74 Å². The van der Waals surface area contributed by atoms with Crippen LogP contribution < -0.4 is 15.5 Å². The van der Waals surface area contributed by atoms with Crippen molar-refractivity contribution in [2.45, 2.75) is 25.7 Å². The first kappa shape index (κ1) is 24.5. The smallest absolute Gasteiger partial charge is 0.223 e. The normalized spacial score (nSPS) is 18.1. The molecule has 1 amide bonds. The lowest BCUT2D eigenvalue weighted by atomic mass is 9.86. The summed E-state index contributed by atoms with van der Waals surface area (Å²) in [5.74, 6) is 0.583. The first-order chi connectivity index (χ1) is 17.4. The maximum Gasteiger partial charge on any atom is 0.223 e. The van der Waals surface area contributed by atoms with E-state index in [1.807, 2.05) is 12.1 Å². The molecule has 1 aromatic carbocycles. The lowest BCUT2D eigenvalue weighted by molar-refractivity contribution is -0.125. The van der Waals surface area contributed by atoms with Crippen LogP contribution in [-0.2, 0) is 32.2 Å². The molecule has 1 aliphatic heterocycles. The molecule has 0 saturated carbocycles. The van der Waals surface area contributed by atoms with Gasteiger partial charge in [0.25, 0.3) is 0 Å². The van der Waals surface area contributed by atoms with Crippen LogP contribution in [0.5, 0.6) is 0 Å². The number of rotatable bonds is 8. The van der Waals surface area contributed by atoms with E-state index in [1.54, 1.807) is 6.33 Å². The summed E-state index contributed by atoms with van der Waals surface area (Å²) in [6.45, 7) is 3.64. The molecule has 11 heteroatoms. The Morgan fingerprint density at radius 1 is 1.19 bits per heavy atom. The third-order valence-electron chi connectivity index (χ3n) is 6.84. The van der Waals surface area contributed by atoms with Crippen molar-refractivity contribution in [3.8, 4) is 0 Å². The van der Waals surface area contributed by atoms with E-state index >= 15 is 0 Å². The van der Waals surface area contributed by atoms with Crippen LogP contribution in [0, 0.1) is 5.92 Å². The highest BCUT2D eigenvalue weighted by molar-refractivity contribution is 7.90. The van der Waals surface area contributed by atoms with Crippen LogP contribution in [0.1, 0.15) is 24.1 Å². The van der Waals surface area contributed by atoms with E-state index in [2.05, 4.69) is 42.6 Å². The van der Waals surface area contributed by atoms with Crippen LogP contribution in [0.15, 0.2) is 30.6 Å². The maximum atomic E-state index is 12.8. The van der Waals surface area contributed by atoms with Gasteiger partial charge in [-0.05, 0) is 55.5 Å². The average molecular weight is 513 g/mol. The number of nitrogens with zero attached hydrogens (tertiary/aromatic N) is 3. The summed E-state index contributed by atoms with van der Waals surface area (Å²) in [6.07, 6.45) is 5.24. The number of anilines is 3. The largest absolute Gasteiger partial charge is 0.378 e. The van der Waals surface area contributed by atoms with E-state index < -0.39 is 9.84 Å². The zero-order chi connectivity index (χ0) is 25.1. The van der Waals surface area contributed by atoms with Gasteiger partial charge in [-0.3, -0.25) is 4.79 Å². The van der Waals surface area contributed by atoms with Crippen molar-refractivity contribution in [3.05, 3.63) is 41.9 Å². The number of aryl methyl sites for hydroxylation is 1. The zero-order valence-electron chi connectivity index (χ0n) is 20.4. The number of aromatic nitrogens is 3. The third kappa shape index (κ3) is 5.62. The van der Waals surface area contributed by atoms with Gasteiger partial charge < -0.3 is 25.3 Å². The Bertz CT molecular complexity index is 1330. The van der Waals surface area contributed by atoms with Crippen LogP contribution in [-0.4, -0.2) is 74.1 Å². The average Bonchev–Trinajstić information content (AvgIpc) is 3.26. The molecule has 0 bridgehead atoms. The van der Waals surface area contributed by atoms with Crippen molar-refractivity contribution in [1.82, 2.24) is 20.3 Å². The maximum absolute atomic E-state index is 12.8. The molecule has 10 nitrogen and oxygen atoms in total. The predicted molar refractivity (Wildman–Crippen MR) is 139 cm³/mol. The molecule has 5 rings (SSSR count). The number of sulfone groups is 1. The number of H-pyrrole nitrogens is 1. The van der Waals surface area contributed by atoms with Crippen LogP contribution in [0.2, 0.25) is 0 Å². The van der Waals surface area contributed by atoms with Gasteiger partial charge in [-0.1, -0.05) is 0 Å². The minimum atomic E-state index is -3.03. The highest BCUT2D eigenvalue weighted by atomic mass is 32.2. The SMILES string of the molecule is CS(=O)(=O)CCCNC(=O)C1CCc2[nH]c3ncnc(Nc4ccc(N5CCOCC5)cc4)c3c2C1. The summed E-state index contributed by atoms with van der Waals surface area (Å²) < 4.78 is 28.1. The molecule has 192 valence electrons. The molecule has 0 radical (unpaired) electrons. The Balaban J connectivity index is 1.29. The van der Waals surface area contributed by atoms with E-state index in [0.29, 0.717) is 25.2 Å². The van der Waals surface area contributed by atoms with Crippen molar-refractivity contribution in [2.24, 2.45) is 5.92 Å². The van der Waals surface area contributed by atoms with Gasteiger partial charge in [0.05, 0.1) is 24.4 Å². The predicted octanol–water partition coefficient (Wildman–Crippen LogP) is 2.19. The van der Waals surface area contributed by atoms with Crippen molar-refractivity contribution >= 4 is 44.0 Å². The van der Waals surface area contributed by atoms with Gasteiger partial charge in [0.15, 0.2) is 0 Å². The Labute approximate surface area is 210 Å². The lowest BCUT2D eigenvalue weighted by Crippen LogP contribution is -2.36. The number of aromatic amines is 1. The molecular weight excluding hydrogens is 480 g/mol. The first-order valence-corrected chi connectivity index (χ1v) is 14.4. The quantitative estimate of drug-likeness (QED) is 0.392. The molecule has 1 fully saturated rings. The van der Waals surface area contributed by atoms with Gasteiger partial charge >= 0.3 is 0 Å². The van der Waals surface area contributed by atoms with Crippen molar-refractivity contribution in [1.29, 1.82) is 0 Å². The van der Waals surface area contributed by atoms with Gasteiger partial charge in [-0.2, -0.15) is 0 Å². The molecule has 1 saturated heterocycles. The number of fused-ring (bicyclic) bond motifs is 3. The Morgan fingerprint density at radius 2 is 1.97 bits per heavy atom. The molecule has 3 aromatic rings. The summed E-state index contributed by atoms with van der Waals surface area (Å²) in [5, 5.41) is 7.27. The Morgan fingerprint density at radius 3 is 2.72 bits per heavy atom. The second kappa shape index (κ2) is 10.4. The van der Waals surface area contributed by atoms with E-state index in [-0.39, 0.29) is 17.6 Å². The molecule has 1 unspecified atom stereocenters. The van der Waals surface area contributed by atoms with Gasteiger partial charge in [0.1, 0.15) is 27.6 Å². The molecule has 3 N–H and O–H groups in total. The molecule has 1 aliphatic carbocycles. The molecule has 0 spiro atoms. The van der Waals surface area contributed by atoms with Gasteiger partial charge in [0, 0.05) is 48.9 Å². The van der Waals surface area contributed by atoms with Crippen molar-refractivity contribution < 1.29 is 17.9 Å².